The molecular formula is C17H21N4O2S2+. The number of quaternary nitrogens is 1. The highest BCUT2D eigenvalue weighted by molar-refractivity contribution is 7.18. The normalized spacial score (nSPS) is 15.8. The first-order chi connectivity index (χ1) is 12.3. The van der Waals surface area contributed by atoms with Gasteiger partial charge in [-0.05, 0) is 11.4 Å². The molecule has 4 rings (SSSR count). The van der Waals surface area contributed by atoms with Crippen molar-refractivity contribution in [2.24, 2.45) is 0 Å². The minimum absolute atomic E-state index is 0.809. The number of nitrogens with zero attached hydrogens (tertiary/aromatic N) is 3. The molecule has 4 heterocycles. The molecule has 132 valence electrons. The van der Waals surface area contributed by atoms with Gasteiger partial charge in [-0.25, -0.2) is 15.0 Å². The molecule has 0 aliphatic carbocycles. The summed E-state index contributed by atoms with van der Waals surface area (Å²) in [5.74, 6) is 1.70. The average molecular weight is 378 g/mol. The SMILES string of the molecule is CON(C)c1nc(C[NH+]2CCOCC2)nc2scc(-c3cccs3)c12. The van der Waals surface area contributed by atoms with Gasteiger partial charge in [0.05, 0.1) is 25.7 Å². The number of rotatable bonds is 5. The molecule has 25 heavy (non-hydrogen) atoms. The Morgan fingerprint density at radius 2 is 2.12 bits per heavy atom. The van der Waals surface area contributed by atoms with Gasteiger partial charge in [0.15, 0.2) is 11.6 Å². The van der Waals surface area contributed by atoms with Crippen molar-refractivity contribution in [3.8, 4) is 10.4 Å². The van der Waals surface area contributed by atoms with Crippen LogP contribution in [0, 0.1) is 0 Å². The number of thiophene rings is 2. The maximum Gasteiger partial charge on any atom is 0.187 e. The first-order valence-corrected chi connectivity index (χ1v) is 10.0. The Kier molecular flexibility index (Phi) is 4.96. The molecule has 0 spiro atoms. The molecule has 8 heteroatoms. The molecule has 1 fully saturated rings. The molecule has 1 saturated heterocycles. The maximum absolute atomic E-state index is 5.46. The molecule has 1 N–H and O–H groups in total. The van der Waals surface area contributed by atoms with Crippen LogP contribution in [-0.2, 0) is 16.1 Å². The molecule has 3 aromatic rings. The Morgan fingerprint density at radius 3 is 2.84 bits per heavy atom. The molecule has 0 saturated carbocycles. The lowest BCUT2D eigenvalue weighted by atomic mass is 10.2. The third kappa shape index (κ3) is 3.40. The molecule has 0 amide bonds. The zero-order valence-electron chi connectivity index (χ0n) is 14.3. The van der Waals surface area contributed by atoms with Crippen LogP contribution in [0.4, 0.5) is 5.82 Å². The Hall–Kier alpha value is -1.58. The predicted molar refractivity (Wildman–Crippen MR) is 101 cm³/mol. The van der Waals surface area contributed by atoms with Crippen LogP contribution in [0.5, 0.6) is 0 Å². The largest absolute Gasteiger partial charge is 0.370 e. The van der Waals surface area contributed by atoms with Crippen molar-refractivity contribution in [2.75, 3.05) is 45.5 Å². The third-order valence-electron chi connectivity index (χ3n) is 4.43. The van der Waals surface area contributed by atoms with Crippen molar-refractivity contribution < 1.29 is 14.5 Å². The van der Waals surface area contributed by atoms with E-state index in [1.807, 2.05) is 7.05 Å². The number of hydroxylamine groups is 1. The number of hydrogen-bond donors (Lipinski definition) is 1. The summed E-state index contributed by atoms with van der Waals surface area (Å²) >= 11 is 3.40. The van der Waals surface area contributed by atoms with Crippen LogP contribution < -0.4 is 9.96 Å². The van der Waals surface area contributed by atoms with E-state index in [0.717, 1.165) is 54.7 Å². The molecule has 0 aromatic carbocycles. The monoisotopic (exact) mass is 377 g/mol. The lowest BCUT2D eigenvalue weighted by Crippen LogP contribution is -3.12. The lowest BCUT2D eigenvalue weighted by molar-refractivity contribution is -0.922. The predicted octanol–water partition coefficient (Wildman–Crippen LogP) is 1.83. The van der Waals surface area contributed by atoms with Crippen molar-refractivity contribution in [1.29, 1.82) is 0 Å². The van der Waals surface area contributed by atoms with Crippen LogP contribution in [0.3, 0.4) is 0 Å². The second-order valence-electron chi connectivity index (χ2n) is 5.99. The van der Waals surface area contributed by atoms with Gasteiger partial charge in [0, 0.05) is 22.9 Å². The van der Waals surface area contributed by atoms with E-state index < -0.39 is 0 Å². The van der Waals surface area contributed by atoms with Crippen LogP contribution >= 0.6 is 22.7 Å². The molecule has 1 aliphatic rings. The van der Waals surface area contributed by atoms with Crippen LogP contribution in [-0.4, -0.2) is 50.4 Å². The van der Waals surface area contributed by atoms with Gasteiger partial charge in [-0.15, -0.1) is 22.7 Å². The molecule has 0 atom stereocenters. The Morgan fingerprint density at radius 1 is 1.28 bits per heavy atom. The number of hydrogen-bond acceptors (Lipinski definition) is 7. The second-order valence-corrected chi connectivity index (χ2v) is 7.80. The van der Waals surface area contributed by atoms with E-state index in [9.17, 15) is 0 Å². The van der Waals surface area contributed by atoms with Gasteiger partial charge in [-0.1, -0.05) is 6.07 Å². The molecule has 3 aromatic heterocycles. The minimum Gasteiger partial charge on any atom is -0.370 e. The van der Waals surface area contributed by atoms with Gasteiger partial charge in [-0.3, -0.25) is 4.84 Å². The summed E-state index contributed by atoms with van der Waals surface area (Å²) in [4.78, 5) is 18.9. The van der Waals surface area contributed by atoms with Gasteiger partial charge in [0.25, 0.3) is 0 Å². The topological polar surface area (TPSA) is 51.9 Å². The number of aromatic nitrogens is 2. The van der Waals surface area contributed by atoms with E-state index in [0.29, 0.717) is 0 Å². The maximum atomic E-state index is 5.46. The zero-order valence-corrected chi connectivity index (χ0v) is 16.0. The van der Waals surface area contributed by atoms with E-state index in [-0.39, 0.29) is 0 Å². The van der Waals surface area contributed by atoms with Crippen LogP contribution in [0.25, 0.3) is 20.7 Å². The van der Waals surface area contributed by atoms with Gasteiger partial charge >= 0.3 is 0 Å². The summed E-state index contributed by atoms with van der Waals surface area (Å²) in [6, 6.07) is 4.20. The fraction of sp³-hybridized carbons (Fsp3) is 0.412. The van der Waals surface area contributed by atoms with Crippen molar-refractivity contribution in [2.45, 2.75) is 6.54 Å². The molecule has 0 radical (unpaired) electrons. The molecule has 0 unspecified atom stereocenters. The highest BCUT2D eigenvalue weighted by Crippen LogP contribution is 2.39. The number of anilines is 1. The van der Waals surface area contributed by atoms with Gasteiger partial charge in [-0.2, -0.15) is 0 Å². The molecule has 0 bridgehead atoms. The summed E-state index contributed by atoms with van der Waals surface area (Å²) in [5, 5.41) is 7.06. The van der Waals surface area contributed by atoms with Gasteiger partial charge in [0.1, 0.15) is 24.5 Å². The van der Waals surface area contributed by atoms with Crippen LogP contribution in [0.2, 0.25) is 0 Å². The summed E-state index contributed by atoms with van der Waals surface area (Å²) in [5.41, 5.74) is 1.18. The number of fused-ring (bicyclic) bond motifs is 1. The number of morpholine rings is 1. The van der Waals surface area contributed by atoms with Crippen LogP contribution in [0.15, 0.2) is 22.9 Å². The first kappa shape index (κ1) is 16.9. The Balaban J connectivity index is 1.77. The van der Waals surface area contributed by atoms with E-state index in [2.05, 4.69) is 22.9 Å². The quantitative estimate of drug-likeness (QED) is 0.688. The number of ether oxygens (including phenoxy) is 1. The Labute approximate surface area is 154 Å². The third-order valence-corrected chi connectivity index (χ3v) is 6.20. The second kappa shape index (κ2) is 7.35. The highest BCUT2D eigenvalue weighted by atomic mass is 32.1. The first-order valence-electron chi connectivity index (χ1n) is 8.27. The van der Waals surface area contributed by atoms with Crippen LogP contribution in [0.1, 0.15) is 5.82 Å². The fourth-order valence-corrected chi connectivity index (χ4v) is 4.81. The van der Waals surface area contributed by atoms with Crippen molar-refractivity contribution in [3.05, 3.63) is 28.7 Å². The number of nitrogens with one attached hydrogen (secondary N) is 1. The van der Waals surface area contributed by atoms with E-state index in [4.69, 9.17) is 19.5 Å². The van der Waals surface area contributed by atoms with Crippen molar-refractivity contribution >= 4 is 38.7 Å². The summed E-state index contributed by atoms with van der Waals surface area (Å²) in [6.45, 7) is 4.44. The molecule has 6 nitrogen and oxygen atoms in total. The van der Waals surface area contributed by atoms with E-state index in [1.165, 1.54) is 15.3 Å². The zero-order chi connectivity index (χ0) is 17.2. The lowest BCUT2D eigenvalue weighted by Gasteiger charge is -2.23. The summed E-state index contributed by atoms with van der Waals surface area (Å²) < 4.78 is 5.45. The summed E-state index contributed by atoms with van der Waals surface area (Å²) in [7, 11) is 3.56. The standard InChI is InChI=1S/C17H20N4O2S2/c1-20(22-2)16-15-12(13-4-3-9-24-13)11-25-17(15)19-14(18-16)10-21-5-7-23-8-6-21/h3-4,9,11H,5-8,10H2,1-2H3/p+1. The Bertz CT molecular complexity index is 844. The smallest absolute Gasteiger partial charge is 0.187 e. The molecular weight excluding hydrogens is 356 g/mol. The van der Waals surface area contributed by atoms with Crippen molar-refractivity contribution in [1.82, 2.24) is 9.97 Å². The average Bonchev–Trinajstić information content (AvgIpc) is 3.30. The van der Waals surface area contributed by atoms with Gasteiger partial charge in [0.2, 0.25) is 0 Å². The van der Waals surface area contributed by atoms with Crippen molar-refractivity contribution in [3.63, 3.8) is 0 Å². The molecule has 1 aliphatic heterocycles. The van der Waals surface area contributed by atoms with Gasteiger partial charge < -0.3 is 9.64 Å². The fourth-order valence-electron chi connectivity index (χ4n) is 3.03. The van der Waals surface area contributed by atoms with E-state index >= 15 is 0 Å². The van der Waals surface area contributed by atoms with E-state index in [1.54, 1.807) is 34.8 Å². The summed E-state index contributed by atoms with van der Waals surface area (Å²) in [6.07, 6.45) is 0. The highest BCUT2D eigenvalue weighted by Gasteiger charge is 2.21. The minimum atomic E-state index is 0.809.